The van der Waals surface area contributed by atoms with E-state index in [1.165, 1.54) is 0 Å². The number of rotatable bonds is 3. The van der Waals surface area contributed by atoms with Crippen LogP contribution in [0, 0.1) is 5.92 Å². The highest BCUT2D eigenvalue weighted by Gasteiger charge is 2.29. The lowest BCUT2D eigenvalue weighted by Gasteiger charge is -2.15. The van der Waals surface area contributed by atoms with E-state index >= 15 is 0 Å². The van der Waals surface area contributed by atoms with Gasteiger partial charge in [0.25, 0.3) is 0 Å². The minimum Gasteiger partial charge on any atom is -0.326 e. The lowest BCUT2D eigenvalue weighted by molar-refractivity contribution is -0.119. The molecule has 5 heteroatoms. The molecule has 0 spiro atoms. The van der Waals surface area contributed by atoms with Crippen LogP contribution < -0.4 is 10.6 Å². The van der Waals surface area contributed by atoms with Gasteiger partial charge in [-0.25, -0.2) is 0 Å². The van der Waals surface area contributed by atoms with Crippen LogP contribution in [0.1, 0.15) is 13.3 Å². The molecule has 2 heterocycles. The van der Waals surface area contributed by atoms with E-state index in [-0.39, 0.29) is 17.9 Å². The summed E-state index contributed by atoms with van der Waals surface area (Å²) in [6, 6.07) is 9.94. The van der Waals surface area contributed by atoms with E-state index < -0.39 is 0 Å². The van der Waals surface area contributed by atoms with Gasteiger partial charge in [-0.05, 0) is 43.7 Å². The average Bonchev–Trinajstić information content (AvgIpc) is 3.10. The van der Waals surface area contributed by atoms with Gasteiger partial charge in [0.2, 0.25) is 5.91 Å². The van der Waals surface area contributed by atoms with Crippen LogP contribution in [0.4, 0.5) is 5.69 Å². The number of aromatic nitrogens is 2. The molecule has 5 nitrogen and oxygen atoms in total. The first-order valence-corrected chi connectivity index (χ1v) is 6.88. The fourth-order valence-electron chi connectivity index (χ4n) is 2.60. The molecule has 1 saturated heterocycles. The van der Waals surface area contributed by atoms with Gasteiger partial charge in [0, 0.05) is 17.9 Å². The molecular weight excluding hydrogens is 252 g/mol. The molecule has 0 radical (unpaired) electrons. The number of hydrogen-bond donors (Lipinski definition) is 3. The fourth-order valence-corrected chi connectivity index (χ4v) is 2.60. The van der Waals surface area contributed by atoms with Crippen LogP contribution in [-0.4, -0.2) is 28.7 Å². The Labute approximate surface area is 117 Å². The van der Waals surface area contributed by atoms with E-state index in [1.807, 2.05) is 30.3 Å². The van der Waals surface area contributed by atoms with Crippen molar-refractivity contribution in [1.82, 2.24) is 15.5 Å². The number of amides is 1. The summed E-state index contributed by atoms with van der Waals surface area (Å²) in [5, 5.41) is 13.1. The highest BCUT2D eigenvalue weighted by atomic mass is 16.1. The quantitative estimate of drug-likeness (QED) is 0.799. The molecule has 1 aromatic heterocycles. The third-order valence-corrected chi connectivity index (χ3v) is 3.83. The number of aromatic amines is 1. The predicted octanol–water partition coefficient (Wildman–Crippen LogP) is 2.01. The minimum atomic E-state index is 0.0577. The van der Waals surface area contributed by atoms with Crippen molar-refractivity contribution in [2.45, 2.75) is 19.4 Å². The Morgan fingerprint density at radius 1 is 1.30 bits per heavy atom. The number of H-pyrrole nitrogens is 1. The normalized spacial score (nSPS) is 21.9. The lowest BCUT2D eigenvalue weighted by atomic mass is 10.0. The summed E-state index contributed by atoms with van der Waals surface area (Å²) >= 11 is 0. The smallest absolute Gasteiger partial charge is 0.229 e. The molecule has 104 valence electrons. The fraction of sp³-hybridized carbons (Fsp3) is 0.333. The number of benzene rings is 1. The molecule has 1 fully saturated rings. The van der Waals surface area contributed by atoms with Gasteiger partial charge in [0.05, 0.1) is 11.6 Å². The van der Waals surface area contributed by atoms with Gasteiger partial charge in [-0.2, -0.15) is 5.10 Å². The summed E-state index contributed by atoms with van der Waals surface area (Å²) in [5.41, 5.74) is 2.85. The first-order chi connectivity index (χ1) is 9.74. The van der Waals surface area contributed by atoms with Crippen LogP contribution in [0.3, 0.4) is 0 Å². The van der Waals surface area contributed by atoms with Gasteiger partial charge in [-0.1, -0.05) is 12.1 Å². The summed E-state index contributed by atoms with van der Waals surface area (Å²) < 4.78 is 0. The monoisotopic (exact) mass is 270 g/mol. The molecular formula is C15H18N4O. The summed E-state index contributed by atoms with van der Waals surface area (Å²) in [5.74, 6) is 0.152. The van der Waals surface area contributed by atoms with Crippen LogP contribution in [-0.2, 0) is 4.79 Å². The Kier molecular flexibility index (Phi) is 3.52. The summed E-state index contributed by atoms with van der Waals surface area (Å²) in [6.07, 6.45) is 2.62. The molecule has 20 heavy (non-hydrogen) atoms. The average molecular weight is 270 g/mol. The Bertz CT molecular complexity index is 576. The van der Waals surface area contributed by atoms with Gasteiger partial charge in [0.1, 0.15) is 0 Å². The topological polar surface area (TPSA) is 69.8 Å². The number of carbonyl (C=O) groups excluding carboxylic acids is 1. The number of carbonyl (C=O) groups is 1. The second-order valence-electron chi connectivity index (χ2n) is 5.17. The van der Waals surface area contributed by atoms with Crippen molar-refractivity contribution in [3.05, 3.63) is 36.5 Å². The van der Waals surface area contributed by atoms with Crippen molar-refractivity contribution in [2.24, 2.45) is 5.92 Å². The standard InChI is InChI=1S/C15H18N4O/c1-10-13(6-8-16-10)15(20)18-12-4-2-11(3-5-12)14-7-9-17-19-14/h2-5,7,9-10,13,16H,6,8H2,1H3,(H,17,19)(H,18,20). The Balaban J connectivity index is 1.68. The first-order valence-electron chi connectivity index (χ1n) is 6.88. The van der Waals surface area contributed by atoms with Crippen molar-refractivity contribution in [2.75, 3.05) is 11.9 Å². The molecule has 0 aliphatic carbocycles. The Hall–Kier alpha value is -2.14. The zero-order valence-corrected chi connectivity index (χ0v) is 11.4. The SMILES string of the molecule is CC1NCCC1C(=O)Nc1ccc(-c2ccn[nH]2)cc1. The van der Waals surface area contributed by atoms with Crippen molar-refractivity contribution in [3.63, 3.8) is 0 Å². The molecule has 2 unspecified atom stereocenters. The van der Waals surface area contributed by atoms with Gasteiger partial charge >= 0.3 is 0 Å². The molecule has 2 aromatic rings. The van der Waals surface area contributed by atoms with Crippen LogP contribution >= 0.6 is 0 Å². The summed E-state index contributed by atoms with van der Waals surface area (Å²) in [7, 11) is 0. The van der Waals surface area contributed by atoms with Crippen LogP contribution in [0.25, 0.3) is 11.3 Å². The maximum Gasteiger partial charge on any atom is 0.229 e. The van der Waals surface area contributed by atoms with E-state index in [1.54, 1.807) is 6.20 Å². The van der Waals surface area contributed by atoms with Gasteiger partial charge in [0.15, 0.2) is 0 Å². The van der Waals surface area contributed by atoms with Crippen molar-refractivity contribution < 1.29 is 4.79 Å². The highest BCUT2D eigenvalue weighted by Crippen LogP contribution is 2.21. The lowest BCUT2D eigenvalue weighted by Crippen LogP contribution is -2.32. The third-order valence-electron chi connectivity index (χ3n) is 3.83. The van der Waals surface area contributed by atoms with E-state index in [0.29, 0.717) is 0 Å². The van der Waals surface area contributed by atoms with E-state index in [4.69, 9.17) is 0 Å². The van der Waals surface area contributed by atoms with Crippen molar-refractivity contribution in [3.8, 4) is 11.3 Å². The third kappa shape index (κ3) is 2.58. The van der Waals surface area contributed by atoms with Gasteiger partial charge in [-0.15, -0.1) is 0 Å². The summed E-state index contributed by atoms with van der Waals surface area (Å²) in [4.78, 5) is 12.2. The second kappa shape index (κ2) is 5.46. The predicted molar refractivity (Wildman–Crippen MR) is 78.2 cm³/mol. The largest absolute Gasteiger partial charge is 0.326 e. The van der Waals surface area contributed by atoms with E-state index in [2.05, 4.69) is 27.8 Å². The molecule has 1 amide bonds. The minimum absolute atomic E-state index is 0.0577. The molecule has 0 saturated carbocycles. The van der Waals surface area contributed by atoms with Crippen molar-refractivity contribution >= 4 is 11.6 Å². The molecule has 1 aliphatic rings. The summed E-state index contributed by atoms with van der Waals surface area (Å²) in [6.45, 7) is 2.97. The number of hydrogen-bond acceptors (Lipinski definition) is 3. The highest BCUT2D eigenvalue weighted by molar-refractivity contribution is 5.93. The molecule has 3 rings (SSSR count). The second-order valence-corrected chi connectivity index (χ2v) is 5.17. The zero-order valence-electron chi connectivity index (χ0n) is 11.4. The molecule has 0 bridgehead atoms. The van der Waals surface area contributed by atoms with Crippen molar-refractivity contribution in [1.29, 1.82) is 0 Å². The first kappa shape index (κ1) is 12.9. The Morgan fingerprint density at radius 2 is 2.10 bits per heavy atom. The molecule has 2 atom stereocenters. The van der Waals surface area contributed by atoms with Gasteiger partial charge in [-0.3, -0.25) is 9.89 Å². The van der Waals surface area contributed by atoms with Crippen LogP contribution in [0.2, 0.25) is 0 Å². The van der Waals surface area contributed by atoms with E-state index in [0.717, 1.165) is 29.9 Å². The number of anilines is 1. The maximum atomic E-state index is 12.2. The van der Waals surface area contributed by atoms with Crippen LogP contribution in [0.5, 0.6) is 0 Å². The van der Waals surface area contributed by atoms with Crippen LogP contribution in [0.15, 0.2) is 36.5 Å². The zero-order chi connectivity index (χ0) is 13.9. The molecule has 1 aliphatic heterocycles. The Morgan fingerprint density at radius 3 is 2.70 bits per heavy atom. The number of nitrogens with zero attached hydrogens (tertiary/aromatic N) is 1. The molecule has 1 aromatic carbocycles. The number of nitrogens with one attached hydrogen (secondary N) is 3. The van der Waals surface area contributed by atoms with E-state index in [9.17, 15) is 4.79 Å². The van der Waals surface area contributed by atoms with Gasteiger partial charge < -0.3 is 10.6 Å². The molecule has 3 N–H and O–H groups in total. The maximum absolute atomic E-state index is 12.2.